The van der Waals surface area contributed by atoms with Gasteiger partial charge in [0.15, 0.2) is 0 Å². The lowest BCUT2D eigenvalue weighted by atomic mass is 10.0. The average molecular weight is 327 g/mol. The molecule has 0 aliphatic carbocycles. The molecule has 0 radical (unpaired) electrons. The number of fused-ring (bicyclic) bond motifs is 1. The first kappa shape index (κ1) is 15.3. The topological polar surface area (TPSA) is 47.8 Å². The Balaban J connectivity index is 1.96. The van der Waals surface area contributed by atoms with Crippen molar-refractivity contribution in [2.45, 2.75) is 13.8 Å². The van der Waals surface area contributed by atoms with Crippen LogP contribution in [-0.2, 0) is 0 Å². The second kappa shape index (κ2) is 5.98. The number of benzene rings is 2. The fraction of sp³-hybridized carbons (Fsp3) is 0.0952. The van der Waals surface area contributed by atoms with Crippen molar-refractivity contribution in [3.8, 4) is 11.3 Å². The summed E-state index contributed by atoms with van der Waals surface area (Å²) in [6.45, 7) is 3.77. The third kappa shape index (κ3) is 2.72. The fourth-order valence-corrected chi connectivity index (χ4v) is 3.06. The molecule has 0 saturated heterocycles. The van der Waals surface area contributed by atoms with Crippen molar-refractivity contribution in [2.24, 2.45) is 0 Å². The van der Waals surface area contributed by atoms with E-state index in [2.05, 4.69) is 5.10 Å². The van der Waals surface area contributed by atoms with Crippen molar-refractivity contribution in [1.82, 2.24) is 14.8 Å². The van der Waals surface area contributed by atoms with Crippen LogP contribution < -0.4 is 0 Å². The summed E-state index contributed by atoms with van der Waals surface area (Å²) in [7, 11) is 0. The van der Waals surface area contributed by atoms with Gasteiger partial charge in [-0.3, -0.25) is 4.79 Å². The van der Waals surface area contributed by atoms with Gasteiger partial charge in [-0.1, -0.05) is 48.5 Å². The smallest absolute Gasteiger partial charge is 0.267 e. The van der Waals surface area contributed by atoms with Crippen LogP contribution >= 0.6 is 0 Å². The predicted molar refractivity (Wildman–Crippen MR) is 98.6 cm³/mol. The average Bonchev–Trinajstić information content (AvgIpc) is 2.99. The molecule has 0 atom stereocenters. The highest BCUT2D eigenvalue weighted by molar-refractivity contribution is 6.08. The molecule has 0 aliphatic heterocycles. The molecule has 0 saturated carbocycles. The molecule has 0 unspecified atom stereocenters. The van der Waals surface area contributed by atoms with Gasteiger partial charge in [0.2, 0.25) is 0 Å². The molecule has 4 heteroatoms. The summed E-state index contributed by atoms with van der Waals surface area (Å²) in [5.74, 6) is -0.138. The molecule has 0 bridgehead atoms. The van der Waals surface area contributed by atoms with E-state index in [4.69, 9.17) is 4.98 Å². The number of aromatic nitrogens is 3. The molecule has 4 aromatic rings. The number of carbonyl (C=O) groups is 1. The molecule has 0 amide bonds. The monoisotopic (exact) mass is 327 g/mol. The van der Waals surface area contributed by atoms with E-state index in [0.717, 1.165) is 33.5 Å². The quantitative estimate of drug-likeness (QED) is 0.548. The summed E-state index contributed by atoms with van der Waals surface area (Å²) in [6, 6.07) is 21.4. The van der Waals surface area contributed by atoms with Crippen molar-refractivity contribution >= 4 is 16.8 Å². The highest BCUT2D eigenvalue weighted by Crippen LogP contribution is 2.25. The van der Waals surface area contributed by atoms with Crippen LogP contribution in [0.15, 0.2) is 66.7 Å². The number of pyridine rings is 1. The maximum atomic E-state index is 13.2. The van der Waals surface area contributed by atoms with E-state index in [1.165, 1.54) is 4.68 Å². The molecule has 4 rings (SSSR count). The summed E-state index contributed by atoms with van der Waals surface area (Å²) < 4.78 is 1.46. The minimum atomic E-state index is -0.138. The van der Waals surface area contributed by atoms with Crippen LogP contribution in [0.4, 0.5) is 0 Å². The number of para-hydroxylation sites is 1. The Bertz CT molecular complexity index is 1080. The Morgan fingerprint density at radius 1 is 0.920 bits per heavy atom. The van der Waals surface area contributed by atoms with E-state index in [1.54, 1.807) is 0 Å². The van der Waals surface area contributed by atoms with E-state index >= 15 is 0 Å². The van der Waals surface area contributed by atoms with Gasteiger partial charge in [-0.25, -0.2) is 9.67 Å². The summed E-state index contributed by atoms with van der Waals surface area (Å²) in [6.07, 6.45) is 0. The molecule has 122 valence electrons. The Hall–Kier alpha value is -3.27. The van der Waals surface area contributed by atoms with Crippen molar-refractivity contribution in [3.63, 3.8) is 0 Å². The molecule has 4 nitrogen and oxygen atoms in total. The third-order valence-electron chi connectivity index (χ3n) is 4.22. The lowest BCUT2D eigenvalue weighted by Crippen LogP contribution is -2.16. The first-order valence-corrected chi connectivity index (χ1v) is 8.16. The SMILES string of the molecule is Cc1cc(C)n(C(=O)c2cc(-c3ccccc3)nc3ccccc23)n1. The van der Waals surface area contributed by atoms with Crippen molar-refractivity contribution in [3.05, 3.63) is 83.7 Å². The number of carbonyl (C=O) groups excluding carboxylic acids is 1. The van der Waals surface area contributed by atoms with Crippen molar-refractivity contribution in [1.29, 1.82) is 0 Å². The van der Waals surface area contributed by atoms with Crippen molar-refractivity contribution < 1.29 is 4.79 Å². The fourth-order valence-electron chi connectivity index (χ4n) is 3.06. The molecule has 0 fully saturated rings. The number of rotatable bonds is 2. The minimum absolute atomic E-state index is 0.138. The van der Waals surface area contributed by atoms with Gasteiger partial charge in [-0.15, -0.1) is 0 Å². The predicted octanol–water partition coefficient (Wildman–Crippen LogP) is 4.40. The van der Waals surface area contributed by atoms with E-state index in [9.17, 15) is 4.79 Å². The van der Waals surface area contributed by atoms with Crippen LogP contribution in [0, 0.1) is 13.8 Å². The van der Waals surface area contributed by atoms with Gasteiger partial charge in [-0.05, 0) is 32.0 Å². The van der Waals surface area contributed by atoms with Gasteiger partial charge < -0.3 is 0 Å². The molecule has 2 aromatic heterocycles. The lowest BCUT2D eigenvalue weighted by molar-refractivity contribution is 0.0944. The van der Waals surface area contributed by atoms with Crippen LogP contribution in [0.1, 0.15) is 21.7 Å². The molecule has 2 heterocycles. The van der Waals surface area contributed by atoms with Gasteiger partial charge in [0.25, 0.3) is 5.91 Å². The normalized spacial score (nSPS) is 11.0. The van der Waals surface area contributed by atoms with Crippen LogP contribution in [-0.4, -0.2) is 20.7 Å². The molecule has 0 spiro atoms. The first-order valence-electron chi connectivity index (χ1n) is 8.16. The van der Waals surface area contributed by atoms with Crippen LogP contribution in [0.25, 0.3) is 22.2 Å². The molecular weight excluding hydrogens is 310 g/mol. The van der Waals surface area contributed by atoms with E-state index < -0.39 is 0 Å². The van der Waals surface area contributed by atoms with Gasteiger partial charge >= 0.3 is 0 Å². The summed E-state index contributed by atoms with van der Waals surface area (Å²) in [5, 5.41) is 5.18. The lowest BCUT2D eigenvalue weighted by Gasteiger charge is -2.10. The number of hydrogen-bond acceptors (Lipinski definition) is 3. The number of aryl methyl sites for hydroxylation is 2. The zero-order valence-electron chi connectivity index (χ0n) is 14.1. The zero-order chi connectivity index (χ0) is 17.4. The highest BCUT2D eigenvalue weighted by atomic mass is 16.2. The summed E-state index contributed by atoms with van der Waals surface area (Å²) in [5.41, 5.74) is 4.82. The molecule has 0 N–H and O–H groups in total. The molecule has 25 heavy (non-hydrogen) atoms. The maximum absolute atomic E-state index is 13.2. The summed E-state index contributed by atoms with van der Waals surface area (Å²) in [4.78, 5) is 17.9. The molecule has 2 aromatic carbocycles. The van der Waals surface area contributed by atoms with E-state index in [-0.39, 0.29) is 5.91 Å². The van der Waals surface area contributed by atoms with Gasteiger partial charge in [-0.2, -0.15) is 5.10 Å². The highest BCUT2D eigenvalue weighted by Gasteiger charge is 2.18. The standard InChI is InChI=1S/C21H17N3O/c1-14-12-15(2)24(23-14)21(25)18-13-20(16-8-4-3-5-9-16)22-19-11-7-6-10-17(18)19/h3-13H,1-2H3. The van der Waals surface area contributed by atoms with E-state index in [0.29, 0.717) is 5.56 Å². The Morgan fingerprint density at radius 3 is 2.36 bits per heavy atom. The minimum Gasteiger partial charge on any atom is -0.267 e. The van der Waals surface area contributed by atoms with Crippen LogP contribution in [0.5, 0.6) is 0 Å². The Labute approximate surface area is 145 Å². The maximum Gasteiger partial charge on any atom is 0.279 e. The van der Waals surface area contributed by atoms with Gasteiger partial charge in [0.1, 0.15) is 0 Å². The molecular formula is C21H17N3O. The third-order valence-corrected chi connectivity index (χ3v) is 4.22. The van der Waals surface area contributed by atoms with Gasteiger partial charge in [0, 0.05) is 16.6 Å². The van der Waals surface area contributed by atoms with Crippen molar-refractivity contribution in [2.75, 3.05) is 0 Å². The summed E-state index contributed by atoms with van der Waals surface area (Å²) >= 11 is 0. The second-order valence-electron chi connectivity index (χ2n) is 6.08. The van der Waals surface area contributed by atoms with Crippen LogP contribution in [0.2, 0.25) is 0 Å². The molecule has 0 aliphatic rings. The zero-order valence-corrected chi connectivity index (χ0v) is 14.1. The Kier molecular flexibility index (Phi) is 3.65. The number of nitrogens with zero attached hydrogens (tertiary/aromatic N) is 3. The number of hydrogen-bond donors (Lipinski definition) is 0. The largest absolute Gasteiger partial charge is 0.279 e. The Morgan fingerprint density at radius 2 is 1.64 bits per heavy atom. The van der Waals surface area contributed by atoms with E-state index in [1.807, 2.05) is 80.6 Å². The van der Waals surface area contributed by atoms with Crippen LogP contribution in [0.3, 0.4) is 0 Å². The second-order valence-corrected chi connectivity index (χ2v) is 6.08. The van der Waals surface area contributed by atoms with Gasteiger partial charge in [0.05, 0.1) is 22.5 Å². The first-order chi connectivity index (χ1) is 12.1.